The fourth-order valence-corrected chi connectivity index (χ4v) is 2.29. The van der Waals surface area contributed by atoms with E-state index in [9.17, 15) is 9.59 Å². The molecule has 7 nitrogen and oxygen atoms in total. The highest BCUT2D eigenvalue weighted by molar-refractivity contribution is 6.04. The molecule has 7 heteroatoms. The van der Waals surface area contributed by atoms with E-state index in [1.165, 1.54) is 12.3 Å². The Kier molecular flexibility index (Phi) is 5.07. The van der Waals surface area contributed by atoms with Gasteiger partial charge in [0.15, 0.2) is 5.82 Å². The van der Waals surface area contributed by atoms with Crippen LogP contribution in [0.3, 0.4) is 0 Å². The Morgan fingerprint density at radius 2 is 1.81 bits per heavy atom. The van der Waals surface area contributed by atoms with Crippen molar-refractivity contribution in [3.05, 3.63) is 76.8 Å². The molecule has 2 amide bonds. The van der Waals surface area contributed by atoms with Crippen molar-refractivity contribution < 1.29 is 14.1 Å². The molecule has 2 heterocycles. The van der Waals surface area contributed by atoms with Crippen LogP contribution < -0.4 is 10.6 Å². The zero-order chi connectivity index (χ0) is 18.5. The second-order valence-electron chi connectivity index (χ2n) is 5.87. The van der Waals surface area contributed by atoms with Gasteiger partial charge in [-0.3, -0.25) is 14.6 Å². The molecule has 0 radical (unpaired) electrons. The SMILES string of the molecule is Cc1ccc(CNC(=O)c2ccnc(C(=O)Nc3cc(C)on3)c2)cc1. The number of anilines is 1. The third-order valence-electron chi connectivity index (χ3n) is 3.70. The second kappa shape index (κ2) is 7.60. The minimum Gasteiger partial charge on any atom is -0.360 e. The van der Waals surface area contributed by atoms with Gasteiger partial charge in [0.2, 0.25) is 0 Å². The minimum absolute atomic E-state index is 0.119. The van der Waals surface area contributed by atoms with Crippen LogP contribution in [0.5, 0.6) is 0 Å². The summed E-state index contributed by atoms with van der Waals surface area (Å²) >= 11 is 0. The van der Waals surface area contributed by atoms with Crippen molar-refractivity contribution in [1.82, 2.24) is 15.5 Å². The minimum atomic E-state index is -0.466. The standard InChI is InChI=1S/C19H18N4O3/c1-12-3-5-14(6-4-12)11-21-18(24)15-7-8-20-16(10-15)19(25)22-17-9-13(2)26-23-17/h3-10H,11H2,1-2H3,(H,21,24)(H,22,23,25). The molecule has 2 aromatic heterocycles. The van der Waals surface area contributed by atoms with Crippen molar-refractivity contribution >= 4 is 17.6 Å². The van der Waals surface area contributed by atoms with Crippen LogP contribution in [0, 0.1) is 13.8 Å². The number of carbonyl (C=O) groups excluding carboxylic acids is 2. The van der Waals surface area contributed by atoms with Crippen molar-refractivity contribution in [2.45, 2.75) is 20.4 Å². The fraction of sp³-hybridized carbons (Fsp3) is 0.158. The number of hydrogen-bond acceptors (Lipinski definition) is 5. The number of nitrogens with one attached hydrogen (secondary N) is 2. The topological polar surface area (TPSA) is 97.1 Å². The zero-order valence-corrected chi connectivity index (χ0v) is 14.4. The summed E-state index contributed by atoms with van der Waals surface area (Å²) in [6.45, 7) is 4.13. The van der Waals surface area contributed by atoms with Crippen LogP contribution in [0.15, 0.2) is 53.2 Å². The molecule has 0 spiro atoms. The van der Waals surface area contributed by atoms with Gasteiger partial charge in [-0.2, -0.15) is 0 Å². The van der Waals surface area contributed by atoms with E-state index >= 15 is 0 Å². The first-order valence-electron chi connectivity index (χ1n) is 8.06. The lowest BCUT2D eigenvalue weighted by molar-refractivity contribution is 0.0951. The summed E-state index contributed by atoms with van der Waals surface area (Å²) in [7, 11) is 0. The molecule has 0 fully saturated rings. The molecule has 0 saturated carbocycles. The average Bonchev–Trinajstić information content (AvgIpc) is 3.05. The molecule has 0 unspecified atom stereocenters. The molecule has 3 rings (SSSR count). The third kappa shape index (κ3) is 4.32. The highest BCUT2D eigenvalue weighted by Gasteiger charge is 2.13. The predicted octanol–water partition coefficient (Wildman–Crippen LogP) is 2.87. The Labute approximate surface area is 150 Å². The van der Waals surface area contributed by atoms with Gasteiger partial charge >= 0.3 is 0 Å². The number of pyridine rings is 1. The van der Waals surface area contributed by atoms with Crippen molar-refractivity contribution in [2.75, 3.05) is 5.32 Å². The third-order valence-corrected chi connectivity index (χ3v) is 3.70. The van der Waals surface area contributed by atoms with E-state index in [1.54, 1.807) is 19.1 Å². The van der Waals surface area contributed by atoms with Crippen molar-refractivity contribution in [1.29, 1.82) is 0 Å². The number of aryl methyl sites for hydroxylation is 2. The lowest BCUT2D eigenvalue weighted by Gasteiger charge is -2.07. The Balaban J connectivity index is 1.64. The van der Waals surface area contributed by atoms with Gasteiger partial charge in [0, 0.05) is 24.4 Å². The molecule has 1 aromatic carbocycles. The molecule has 26 heavy (non-hydrogen) atoms. The number of carbonyl (C=O) groups is 2. The van der Waals surface area contributed by atoms with Gasteiger partial charge in [-0.25, -0.2) is 0 Å². The normalized spacial score (nSPS) is 10.4. The highest BCUT2D eigenvalue weighted by Crippen LogP contribution is 2.10. The zero-order valence-electron chi connectivity index (χ0n) is 14.4. The first-order valence-corrected chi connectivity index (χ1v) is 8.06. The van der Waals surface area contributed by atoms with E-state index in [4.69, 9.17) is 4.52 Å². The van der Waals surface area contributed by atoms with E-state index in [1.807, 2.05) is 31.2 Å². The molecule has 0 aliphatic carbocycles. The van der Waals surface area contributed by atoms with E-state index < -0.39 is 5.91 Å². The molecule has 0 atom stereocenters. The molecule has 0 saturated heterocycles. The average molecular weight is 350 g/mol. The first-order chi connectivity index (χ1) is 12.5. The summed E-state index contributed by atoms with van der Waals surface area (Å²) in [6.07, 6.45) is 1.42. The monoisotopic (exact) mass is 350 g/mol. The Morgan fingerprint density at radius 3 is 2.50 bits per heavy atom. The number of nitrogens with zero attached hydrogens (tertiary/aromatic N) is 2. The smallest absolute Gasteiger partial charge is 0.275 e. The molecule has 0 bridgehead atoms. The van der Waals surface area contributed by atoms with Crippen molar-refractivity contribution in [2.24, 2.45) is 0 Å². The number of aromatic nitrogens is 2. The van der Waals surface area contributed by atoms with Gasteiger partial charge in [0.25, 0.3) is 11.8 Å². The van der Waals surface area contributed by atoms with Crippen LogP contribution >= 0.6 is 0 Å². The van der Waals surface area contributed by atoms with Crippen LogP contribution in [-0.2, 0) is 6.54 Å². The number of rotatable bonds is 5. The van der Waals surface area contributed by atoms with Gasteiger partial charge in [-0.1, -0.05) is 35.0 Å². The lowest BCUT2D eigenvalue weighted by Crippen LogP contribution is -2.23. The predicted molar refractivity (Wildman–Crippen MR) is 95.8 cm³/mol. The van der Waals surface area contributed by atoms with Crippen molar-refractivity contribution in [3.63, 3.8) is 0 Å². The Bertz CT molecular complexity index is 932. The molecule has 3 aromatic rings. The number of amides is 2. The van der Waals surface area contributed by atoms with Gasteiger partial charge in [-0.15, -0.1) is 0 Å². The van der Waals surface area contributed by atoms with Crippen molar-refractivity contribution in [3.8, 4) is 0 Å². The van der Waals surface area contributed by atoms with Crippen LogP contribution in [0.25, 0.3) is 0 Å². The summed E-state index contributed by atoms with van der Waals surface area (Å²) in [5.41, 5.74) is 2.63. The fourth-order valence-electron chi connectivity index (χ4n) is 2.29. The molecule has 0 aliphatic rings. The van der Waals surface area contributed by atoms with E-state index in [-0.39, 0.29) is 11.6 Å². The summed E-state index contributed by atoms with van der Waals surface area (Å²) in [4.78, 5) is 28.5. The number of hydrogen-bond donors (Lipinski definition) is 2. The first kappa shape index (κ1) is 17.3. The summed E-state index contributed by atoms with van der Waals surface area (Å²) in [6, 6.07) is 12.5. The molecule has 0 aliphatic heterocycles. The van der Waals surface area contributed by atoms with Crippen LogP contribution in [0.1, 0.15) is 37.7 Å². The van der Waals surface area contributed by atoms with Crippen LogP contribution in [-0.4, -0.2) is 22.0 Å². The maximum absolute atomic E-state index is 12.3. The van der Waals surface area contributed by atoms with E-state index in [0.717, 1.165) is 11.1 Å². The van der Waals surface area contributed by atoms with Gasteiger partial charge in [0.05, 0.1) is 0 Å². The maximum atomic E-state index is 12.3. The molecular weight excluding hydrogens is 332 g/mol. The molecular formula is C19H18N4O3. The highest BCUT2D eigenvalue weighted by atomic mass is 16.5. The summed E-state index contributed by atoms with van der Waals surface area (Å²) < 4.78 is 4.90. The summed E-state index contributed by atoms with van der Waals surface area (Å²) in [5, 5.41) is 9.09. The Hall–Kier alpha value is -3.48. The van der Waals surface area contributed by atoms with E-state index in [0.29, 0.717) is 23.7 Å². The quantitative estimate of drug-likeness (QED) is 0.737. The Morgan fingerprint density at radius 1 is 1.04 bits per heavy atom. The second-order valence-corrected chi connectivity index (χ2v) is 5.87. The van der Waals surface area contributed by atoms with Gasteiger partial charge < -0.3 is 15.2 Å². The maximum Gasteiger partial charge on any atom is 0.275 e. The van der Waals surface area contributed by atoms with Gasteiger partial charge in [-0.05, 0) is 31.5 Å². The molecule has 132 valence electrons. The molecule has 2 N–H and O–H groups in total. The lowest BCUT2D eigenvalue weighted by atomic mass is 10.1. The van der Waals surface area contributed by atoms with Crippen LogP contribution in [0.2, 0.25) is 0 Å². The van der Waals surface area contributed by atoms with E-state index in [2.05, 4.69) is 20.8 Å². The number of benzene rings is 1. The largest absolute Gasteiger partial charge is 0.360 e. The summed E-state index contributed by atoms with van der Waals surface area (Å²) in [5.74, 6) is 0.131. The van der Waals surface area contributed by atoms with Crippen LogP contribution in [0.4, 0.5) is 5.82 Å². The van der Waals surface area contributed by atoms with Gasteiger partial charge in [0.1, 0.15) is 11.5 Å².